The van der Waals surface area contributed by atoms with Crippen molar-refractivity contribution in [1.82, 2.24) is 5.32 Å². The number of aliphatic hydroxyl groups excluding tert-OH is 1. The van der Waals surface area contributed by atoms with Gasteiger partial charge in [-0.3, -0.25) is 0 Å². The van der Waals surface area contributed by atoms with Gasteiger partial charge in [0.2, 0.25) is 0 Å². The maximum absolute atomic E-state index is 9.20. The molecule has 2 nitrogen and oxygen atoms in total. The van der Waals surface area contributed by atoms with Crippen LogP contribution in [0.1, 0.15) is 47.5 Å². The molecule has 0 aliphatic heterocycles. The zero-order valence-corrected chi connectivity index (χ0v) is 10.5. The summed E-state index contributed by atoms with van der Waals surface area (Å²) in [6.07, 6.45) is 2.20. The molecular weight excluding hydrogens is 174 g/mol. The van der Waals surface area contributed by atoms with Gasteiger partial charge in [0.25, 0.3) is 0 Å². The Morgan fingerprint density at radius 3 is 2.07 bits per heavy atom. The fraction of sp³-hybridized carbons (Fsp3) is 1.00. The molecule has 0 aliphatic rings. The molecule has 0 amide bonds. The van der Waals surface area contributed by atoms with Crippen molar-refractivity contribution >= 4 is 0 Å². The summed E-state index contributed by atoms with van der Waals surface area (Å²) in [5.74, 6) is 0. The van der Waals surface area contributed by atoms with Crippen LogP contribution in [0.15, 0.2) is 0 Å². The first-order valence-electron chi connectivity index (χ1n) is 5.64. The molecule has 0 aliphatic carbocycles. The second-order valence-electron chi connectivity index (χ2n) is 5.81. The molecule has 0 rings (SSSR count). The second kappa shape index (κ2) is 5.72. The Kier molecular flexibility index (Phi) is 5.68. The van der Waals surface area contributed by atoms with Crippen molar-refractivity contribution < 1.29 is 5.11 Å². The zero-order valence-electron chi connectivity index (χ0n) is 10.5. The van der Waals surface area contributed by atoms with Crippen molar-refractivity contribution in [2.24, 2.45) is 10.8 Å². The molecule has 0 heterocycles. The summed E-state index contributed by atoms with van der Waals surface area (Å²) in [6.45, 7) is 13.2. The van der Waals surface area contributed by atoms with Crippen molar-refractivity contribution in [3.63, 3.8) is 0 Å². The molecule has 14 heavy (non-hydrogen) atoms. The van der Waals surface area contributed by atoms with Gasteiger partial charge in [0.1, 0.15) is 0 Å². The smallest absolute Gasteiger partial charge is 0.0496 e. The molecule has 1 unspecified atom stereocenters. The molecule has 2 heteroatoms. The molecule has 1 atom stereocenters. The molecular formula is C12H27NO. The molecule has 0 bridgehead atoms. The van der Waals surface area contributed by atoms with Crippen LogP contribution in [0.5, 0.6) is 0 Å². The molecule has 0 aromatic carbocycles. The van der Waals surface area contributed by atoms with Crippen LogP contribution in [0, 0.1) is 10.8 Å². The molecule has 86 valence electrons. The standard InChI is InChI=1S/C12H27NO/c1-6-12(5,10-14)9-13-8-7-11(2,3)4/h13-14H,6-10H2,1-5H3. The average Bonchev–Trinajstić information content (AvgIpc) is 2.11. The fourth-order valence-corrected chi connectivity index (χ4v) is 1.15. The summed E-state index contributed by atoms with van der Waals surface area (Å²) < 4.78 is 0. The van der Waals surface area contributed by atoms with Crippen molar-refractivity contribution in [2.45, 2.75) is 47.5 Å². The minimum Gasteiger partial charge on any atom is -0.396 e. The molecule has 2 N–H and O–H groups in total. The summed E-state index contributed by atoms with van der Waals surface area (Å²) in [4.78, 5) is 0. The van der Waals surface area contributed by atoms with Crippen LogP contribution < -0.4 is 5.32 Å². The van der Waals surface area contributed by atoms with E-state index in [0.717, 1.165) is 19.5 Å². The van der Waals surface area contributed by atoms with E-state index >= 15 is 0 Å². The van der Waals surface area contributed by atoms with Crippen LogP contribution in [0.25, 0.3) is 0 Å². The first-order chi connectivity index (χ1) is 6.33. The third kappa shape index (κ3) is 6.39. The highest BCUT2D eigenvalue weighted by Crippen LogP contribution is 2.20. The largest absolute Gasteiger partial charge is 0.396 e. The Morgan fingerprint density at radius 1 is 1.14 bits per heavy atom. The van der Waals surface area contributed by atoms with Crippen LogP contribution in [0.3, 0.4) is 0 Å². The van der Waals surface area contributed by atoms with E-state index in [1.54, 1.807) is 0 Å². The number of aliphatic hydroxyl groups is 1. The van der Waals surface area contributed by atoms with Gasteiger partial charge in [-0.25, -0.2) is 0 Å². The minimum absolute atomic E-state index is 0.0535. The zero-order chi connectivity index (χ0) is 11.2. The third-order valence-corrected chi connectivity index (χ3v) is 2.84. The number of nitrogens with one attached hydrogen (secondary N) is 1. The molecule has 0 saturated carbocycles. The van der Waals surface area contributed by atoms with E-state index in [4.69, 9.17) is 0 Å². The lowest BCUT2D eigenvalue weighted by molar-refractivity contribution is 0.134. The van der Waals surface area contributed by atoms with Gasteiger partial charge in [0, 0.05) is 18.6 Å². The Hall–Kier alpha value is -0.0800. The predicted molar refractivity (Wildman–Crippen MR) is 62.4 cm³/mol. The van der Waals surface area contributed by atoms with Crippen LogP contribution in [-0.4, -0.2) is 24.8 Å². The fourth-order valence-electron chi connectivity index (χ4n) is 1.15. The Morgan fingerprint density at radius 2 is 1.71 bits per heavy atom. The van der Waals surface area contributed by atoms with Crippen LogP contribution >= 0.6 is 0 Å². The summed E-state index contributed by atoms with van der Waals surface area (Å²) in [7, 11) is 0. The third-order valence-electron chi connectivity index (χ3n) is 2.84. The molecule has 0 spiro atoms. The summed E-state index contributed by atoms with van der Waals surface area (Å²) in [5, 5.41) is 12.6. The summed E-state index contributed by atoms with van der Waals surface area (Å²) in [6, 6.07) is 0. The van der Waals surface area contributed by atoms with Crippen molar-refractivity contribution in [3.8, 4) is 0 Å². The first-order valence-corrected chi connectivity index (χ1v) is 5.64. The van der Waals surface area contributed by atoms with E-state index in [1.165, 1.54) is 6.42 Å². The van der Waals surface area contributed by atoms with Crippen molar-refractivity contribution in [1.29, 1.82) is 0 Å². The van der Waals surface area contributed by atoms with Crippen molar-refractivity contribution in [2.75, 3.05) is 19.7 Å². The monoisotopic (exact) mass is 201 g/mol. The van der Waals surface area contributed by atoms with E-state index in [-0.39, 0.29) is 12.0 Å². The first kappa shape index (κ1) is 13.9. The topological polar surface area (TPSA) is 32.3 Å². The van der Waals surface area contributed by atoms with Gasteiger partial charge in [0.05, 0.1) is 0 Å². The van der Waals surface area contributed by atoms with Gasteiger partial charge >= 0.3 is 0 Å². The van der Waals surface area contributed by atoms with Gasteiger partial charge in [-0.2, -0.15) is 0 Å². The molecule has 0 aromatic heterocycles. The lowest BCUT2D eigenvalue weighted by atomic mass is 9.88. The van der Waals surface area contributed by atoms with Gasteiger partial charge < -0.3 is 10.4 Å². The lowest BCUT2D eigenvalue weighted by Gasteiger charge is -2.27. The predicted octanol–water partition coefficient (Wildman–Crippen LogP) is 2.42. The molecule has 0 fully saturated rings. The summed E-state index contributed by atoms with van der Waals surface area (Å²) >= 11 is 0. The molecule has 0 radical (unpaired) electrons. The lowest BCUT2D eigenvalue weighted by Crippen LogP contribution is -2.35. The Bertz CT molecular complexity index is 145. The molecule has 0 aromatic rings. The van der Waals surface area contributed by atoms with Gasteiger partial charge in [-0.1, -0.05) is 34.6 Å². The maximum atomic E-state index is 9.20. The molecule has 0 saturated heterocycles. The maximum Gasteiger partial charge on any atom is 0.0496 e. The average molecular weight is 201 g/mol. The number of hydrogen-bond acceptors (Lipinski definition) is 2. The van der Waals surface area contributed by atoms with E-state index in [2.05, 4.69) is 39.9 Å². The highest BCUT2D eigenvalue weighted by molar-refractivity contribution is 4.74. The van der Waals surface area contributed by atoms with E-state index < -0.39 is 0 Å². The van der Waals surface area contributed by atoms with Crippen LogP contribution in [0.4, 0.5) is 0 Å². The second-order valence-corrected chi connectivity index (χ2v) is 5.81. The minimum atomic E-state index is 0.0535. The van der Waals surface area contributed by atoms with E-state index in [9.17, 15) is 5.11 Å². The van der Waals surface area contributed by atoms with E-state index in [0.29, 0.717) is 5.41 Å². The highest BCUT2D eigenvalue weighted by Gasteiger charge is 2.20. The van der Waals surface area contributed by atoms with Crippen LogP contribution in [0.2, 0.25) is 0 Å². The normalized spacial score (nSPS) is 16.7. The Balaban J connectivity index is 3.63. The van der Waals surface area contributed by atoms with Gasteiger partial charge in [-0.15, -0.1) is 0 Å². The quantitative estimate of drug-likeness (QED) is 0.647. The van der Waals surface area contributed by atoms with Crippen molar-refractivity contribution in [3.05, 3.63) is 0 Å². The number of rotatable bonds is 6. The summed E-state index contributed by atoms with van der Waals surface area (Å²) in [5.41, 5.74) is 0.451. The SMILES string of the molecule is CCC(C)(CO)CNCCC(C)(C)C. The van der Waals surface area contributed by atoms with E-state index in [1.807, 2.05) is 0 Å². The highest BCUT2D eigenvalue weighted by atomic mass is 16.3. The number of hydrogen-bond donors (Lipinski definition) is 2. The van der Waals surface area contributed by atoms with Gasteiger partial charge in [-0.05, 0) is 24.8 Å². The van der Waals surface area contributed by atoms with Gasteiger partial charge in [0.15, 0.2) is 0 Å². The Labute approximate surface area is 89.1 Å². The van der Waals surface area contributed by atoms with Crippen LogP contribution in [-0.2, 0) is 0 Å².